The highest BCUT2D eigenvalue weighted by molar-refractivity contribution is 7.92. The molecular formula is C12H13N3O5S. The molecule has 0 fully saturated rings. The van der Waals surface area contributed by atoms with Gasteiger partial charge in [0.2, 0.25) is 6.79 Å². The maximum atomic E-state index is 12.4. The number of nitrogens with zero attached hydrogens (tertiary/aromatic N) is 1. The predicted molar refractivity (Wildman–Crippen MR) is 72.6 cm³/mol. The SMILES string of the molecule is Cc1[nH]nc(CO)c1S(=O)(=O)Nc1ccc2c(c1)OCO2. The van der Waals surface area contributed by atoms with Crippen LogP contribution in [0, 0.1) is 6.92 Å². The van der Waals surface area contributed by atoms with E-state index in [4.69, 9.17) is 9.47 Å². The fraction of sp³-hybridized carbons (Fsp3) is 0.250. The fourth-order valence-electron chi connectivity index (χ4n) is 2.10. The highest BCUT2D eigenvalue weighted by Gasteiger charge is 2.25. The zero-order valence-corrected chi connectivity index (χ0v) is 11.9. The van der Waals surface area contributed by atoms with Crippen LogP contribution >= 0.6 is 0 Å². The summed E-state index contributed by atoms with van der Waals surface area (Å²) in [5.74, 6) is 1.04. The van der Waals surface area contributed by atoms with Crippen LogP contribution in [0.15, 0.2) is 23.1 Å². The van der Waals surface area contributed by atoms with Crippen molar-refractivity contribution in [2.75, 3.05) is 11.5 Å². The Bertz CT molecular complexity index is 784. The average molecular weight is 311 g/mol. The number of aliphatic hydroxyl groups excluding tert-OH is 1. The molecule has 3 rings (SSSR count). The number of aromatic amines is 1. The van der Waals surface area contributed by atoms with Gasteiger partial charge in [0.05, 0.1) is 18.0 Å². The minimum Gasteiger partial charge on any atom is -0.454 e. The molecule has 1 aliphatic heterocycles. The first-order valence-electron chi connectivity index (χ1n) is 6.08. The van der Waals surface area contributed by atoms with Crippen LogP contribution in [0.1, 0.15) is 11.4 Å². The summed E-state index contributed by atoms with van der Waals surface area (Å²) in [6.45, 7) is 1.21. The molecule has 0 unspecified atom stereocenters. The van der Waals surface area contributed by atoms with Crippen molar-refractivity contribution >= 4 is 15.7 Å². The lowest BCUT2D eigenvalue weighted by Crippen LogP contribution is -2.15. The van der Waals surface area contributed by atoms with E-state index in [9.17, 15) is 13.5 Å². The van der Waals surface area contributed by atoms with E-state index < -0.39 is 16.6 Å². The van der Waals surface area contributed by atoms with Gasteiger partial charge in [-0.1, -0.05) is 0 Å². The summed E-state index contributed by atoms with van der Waals surface area (Å²) in [7, 11) is -3.86. The first-order valence-corrected chi connectivity index (χ1v) is 7.57. The molecule has 21 heavy (non-hydrogen) atoms. The van der Waals surface area contributed by atoms with Crippen molar-refractivity contribution in [1.29, 1.82) is 0 Å². The second-order valence-corrected chi connectivity index (χ2v) is 6.08. The highest BCUT2D eigenvalue weighted by atomic mass is 32.2. The van der Waals surface area contributed by atoms with Crippen molar-refractivity contribution < 1.29 is 23.0 Å². The van der Waals surface area contributed by atoms with Gasteiger partial charge in [-0.25, -0.2) is 8.42 Å². The molecule has 0 amide bonds. The molecule has 1 aliphatic rings. The number of fused-ring (bicyclic) bond motifs is 1. The minimum absolute atomic E-state index is 0.0531. The Kier molecular flexibility index (Phi) is 3.22. The average Bonchev–Trinajstić information content (AvgIpc) is 3.03. The number of aliphatic hydroxyl groups is 1. The molecular weight excluding hydrogens is 298 g/mol. The molecule has 0 atom stereocenters. The van der Waals surface area contributed by atoms with E-state index in [1.807, 2.05) is 0 Å². The van der Waals surface area contributed by atoms with E-state index >= 15 is 0 Å². The van der Waals surface area contributed by atoms with Gasteiger partial charge < -0.3 is 14.6 Å². The molecule has 1 aromatic carbocycles. The summed E-state index contributed by atoms with van der Waals surface area (Å²) in [5.41, 5.74) is 0.761. The van der Waals surface area contributed by atoms with Crippen LogP contribution in [-0.2, 0) is 16.6 Å². The van der Waals surface area contributed by atoms with E-state index in [-0.39, 0.29) is 17.4 Å². The van der Waals surface area contributed by atoms with Gasteiger partial charge in [-0.05, 0) is 19.1 Å². The second-order valence-electron chi connectivity index (χ2n) is 4.46. The number of anilines is 1. The lowest BCUT2D eigenvalue weighted by Gasteiger charge is -2.09. The van der Waals surface area contributed by atoms with Gasteiger partial charge in [-0.2, -0.15) is 5.10 Å². The third-order valence-corrected chi connectivity index (χ3v) is 4.59. The van der Waals surface area contributed by atoms with Crippen molar-refractivity contribution in [3.05, 3.63) is 29.6 Å². The van der Waals surface area contributed by atoms with Crippen LogP contribution in [0.5, 0.6) is 11.5 Å². The lowest BCUT2D eigenvalue weighted by atomic mass is 10.3. The van der Waals surface area contributed by atoms with Crippen molar-refractivity contribution in [1.82, 2.24) is 10.2 Å². The monoisotopic (exact) mass is 311 g/mol. The number of hydrogen-bond donors (Lipinski definition) is 3. The van der Waals surface area contributed by atoms with Gasteiger partial charge in [-0.3, -0.25) is 9.82 Å². The van der Waals surface area contributed by atoms with E-state index in [2.05, 4.69) is 14.9 Å². The van der Waals surface area contributed by atoms with Crippen LogP contribution < -0.4 is 14.2 Å². The molecule has 0 saturated carbocycles. The van der Waals surface area contributed by atoms with E-state index in [1.54, 1.807) is 19.1 Å². The van der Waals surface area contributed by atoms with Gasteiger partial charge in [0, 0.05) is 6.07 Å². The summed E-state index contributed by atoms with van der Waals surface area (Å²) in [4.78, 5) is -0.0531. The number of rotatable bonds is 4. The Balaban J connectivity index is 1.94. The Labute approximate surface area is 120 Å². The van der Waals surface area contributed by atoms with Crippen molar-refractivity contribution in [3.63, 3.8) is 0 Å². The summed E-state index contributed by atoms with van der Waals surface area (Å²) < 4.78 is 37.6. The van der Waals surface area contributed by atoms with Crippen LogP contribution in [0.25, 0.3) is 0 Å². The maximum Gasteiger partial charge on any atom is 0.265 e. The van der Waals surface area contributed by atoms with E-state index in [1.165, 1.54) is 6.07 Å². The molecule has 8 nitrogen and oxygen atoms in total. The van der Waals surface area contributed by atoms with Crippen LogP contribution in [-0.4, -0.2) is 30.5 Å². The van der Waals surface area contributed by atoms with E-state index in [0.29, 0.717) is 22.9 Å². The molecule has 0 radical (unpaired) electrons. The normalized spacial score (nSPS) is 13.4. The molecule has 112 valence electrons. The van der Waals surface area contributed by atoms with Gasteiger partial charge in [0.1, 0.15) is 10.6 Å². The van der Waals surface area contributed by atoms with Gasteiger partial charge in [0.15, 0.2) is 11.5 Å². The van der Waals surface area contributed by atoms with Gasteiger partial charge >= 0.3 is 0 Å². The largest absolute Gasteiger partial charge is 0.454 e. The standard InChI is InChI=1S/C12H13N3O5S/c1-7-12(9(5-16)14-13-7)21(17,18)15-8-2-3-10-11(4-8)20-6-19-10/h2-4,15-16H,5-6H2,1H3,(H,13,14). The van der Waals surface area contributed by atoms with Gasteiger partial charge in [0.25, 0.3) is 10.0 Å². The Hall–Kier alpha value is -2.26. The zero-order chi connectivity index (χ0) is 15.0. The Morgan fingerprint density at radius 2 is 2.14 bits per heavy atom. The van der Waals surface area contributed by atoms with Crippen LogP contribution in [0.2, 0.25) is 0 Å². The number of benzene rings is 1. The number of nitrogens with one attached hydrogen (secondary N) is 2. The van der Waals surface area contributed by atoms with E-state index in [0.717, 1.165) is 0 Å². The predicted octanol–water partition coefficient (Wildman–Crippen LogP) is 0.740. The molecule has 1 aromatic heterocycles. The number of ether oxygens (including phenoxy) is 2. The Morgan fingerprint density at radius 3 is 2.90 bits per heavy atom. The summed E-state index contributed by atoms with van der Waals surface area (Å²) >= 11 is 0. The molecule has 0 aliphatic carbocycles. The van der Waals surface area contributed by atoms with Crippen LogP contribution in [0.3, 0.4) is 0 Å². The third kappa shape index (κ3) is 2.41. The summed E-state index contributed by atoms with van der Waals surface area (Å²) in [6.07, 6.45) is 0. The fourth-order valence-corrected chi connectivity index (χ4v) is 3.51. The van der Waals surface area contributed by atoms with Crippen molar-refractivity contribution in [2.45, 2.75) is 18.4 Å². The number of sulfonamides is 1. The second kappa shape index (κ2) is 4.93. The number of aryl methyl sites for hydroxylation is 1. The summed E-state index contributed by atoms with van der Waals surface area (Å²) in [5, 5.41) is 15.5. The molecule has 2 aromatic rings. The molecule has 3 N–H and O–H groups in total. The molecule has 9 heteroatoms. The first-order chi connectivity index (χ1) is 10.0. The van der Waals surface area contributed by atoms with Crippen molar-refractivity contribution in [3.8, 4) is 11.5 Å². The number of H-pyrrole nitrogens is 1. The molecule has 0 spiro atoms. The number of aromatic nitrogens is 2. The summed E-state index contributed by atoms with van der Waals surface area (Å²) in [6, 6.07) is 4.72. The number of hydrogen-bond acceptors (Lipinski definition) is 6. The molecule has 0 bridgehead atoms. The third-order valence-electron chi connectivity index (χ3n) is 3.00. The maximum absolute atomic E-state index is 12.4. The lowest BCUT2D eigenvalue weighted by molar-refractivity contribution is 0.174. The Morgan fingerprint density at radius 1 is 1.38 bits per heavy atom. The van der Waals surface area contributed by atoms with Crippen molar-refractivity contribution in [2.24, 2.45) is 0 Å². The molecule has 2 heterocycles. The minimum atomic E-state index is -3.86. The quantitative estimate of drug-likeness (QED) is 0.767. The molecule has 0 saturated heterocycles. The topological polar surface area (TPSA) is 114 Å². The smallest absolute Gasteiger partial charge is 0.265 e. The van der Waals surface area contributed by atoms with Crippen LogP contribution in [0.4, 0.5) is 5.69 Å². The first kappa shape index (κ1) is 13.7. The highest BCUT2D eigenvalue weighted by Crippen LogP contribution is 2.35. The zero-order valence-electron chi connectivity index (χ0n) is 11.1. The van der Waals surface area contributed by atoms with Gasteiger partial charge in [-0.15, -0.1) is 0 Å².